The highest BCUT2D eigenvalue weighted by Gasteiger charge is 2.71. The Bertz CT molecular complexity index is 1130. The molecule has 5 nitrogen and oxygen atoms in total. The van der Waals surface area contributed by atoms with Crippen LogP contribution in [0.5, 0.6) is 0 Å². The third-order valence-electron chi connectivity index (χ3n) is 7.66. The Morgan fingerprint density at radius 2 is 1.75 bits per heavy atom. The lowest BCUT2D eigenvalue weighted by Crippen LogP contribution is -2.43. The van der Waals surface area contributed by atoms with Crippen molar-refractivity contribution < 1.29 is 14.4 Å². The Morgan fingerprint density at radius 3 is 2.41 bits per heavy atom. The quantitative estimate of drug-likeness (QED) is 0.240. The van der Waals surface area contributed by atoms with E-state index in [9.17, 15) is 9.59 Å². The predicted molar refractivity (Wildman–Crippen MR) is 135 cm³/mol. The summed E-state index contributed by atoms with van der Waals surface area (Å²) in [7, 11) is 0. The van der Waals surface area contributed by atoms with E-state index in [1.165, 1.54) is 12.1 Å². The summed E-state index contributed by atoms with van der Waals surface area (Å²) in [6.07, 6.45) is 1.98. The van der Waals surface area contributed by atoms with Crippen LogP contribution in [0.3, 0.4) is 0 Å². The molecule has 8 heteroatoms. The highest BCUT2D eigenvalue weighted by Crippen LogP contribution is 2.71. The monoisotopic (exact) mass is 584 g/mol. The van der Waals surface area contributed by atoms with Crippen LogP contribution >= 0.6 is 45.8 Å². The molecule has 1 amide bonds. The van der Waals surface area contributed by atoms with Crippen molar-refractivity contribution in [2.75, 3.05) is 5.32 Å². The van der Waals surface area contributed by atoms with E-state index in [0.717, 1.165) is 27.8 Å². The zero-order valence-corrected chi connectivity index (χ0v) is 21.6. The van der Waals surface area contributed by atoms with Gasteiger partial charge in [-0.2, -0.15) is 0 Å². The van der Waals surface area contributed by atoms with Crippen LogP contribution in [0.2, 0.25) is 10.0 Å². The van der Waals surface area contributed by atoms with Gasteiger partial charge in [-0.1, -0.05) is 49.1 Å². The normalized spacial score (nSPS) is 26.9. The van der Waals surface area contributed by atoms with Crippen LogP contribution in [-0.4, -0.2) is 17.6 Å². The zero-order chi connectivity index (χ0) is 23.3. The fourth-order valence-corrected chi connectivity index (χ4v) is 5.95. The van der Waals surface area contributed by atoms with E-state index in [1.54, 1.807) is 6.07 Å². The third kappa shape index (κ3) is 3.64. The second kappa shape index (κ2) is 8.29. The number of amides is 1. The van der Waals surface area contributed by atoms with Gasteiger partial charge in [0.05, 0.1) is 21.7 Å². The highest BCUT2D eigenvalue weighted by atomic mass is 127. The second-order valence-electron chi connectivity index (χ2n) is 9.22. The van der Waals surface area contributed by atoms with Gasteiger partial charge in [0.15, 0.2) is 0 Å². The number of rotatable bonds is 4. The number of carbonyl (C=O) groups is 2. The van der Waals surface area contributed by atoms with E-state index in [0.29, 0.717) is 11.4 Å². The highest BCUT2D eigenvalue weighted by molar-refractivity contribution is 14.1. The molecule has 0 radical (unpaired) electrons. The zero-order valence-electron chi connectivity index (χ0n) is 18.0. The SMILES string of the molecule is CC12CCC(C(=O)Nc3ccc(I)cc3)(C/C1=N\OC(=O)c1ccc(Cl)cc1Cl)C2(C)C. The summed E-state index contributed by atoms with van der Waals surface area (Å²) >= 11 is 14.3. The van der Waals surface area contributed by atoms with Gasteiger partial charge >= 0.3 is 5.97 Å². The minimum absolute atomic E-state index is 0.0234. The Labute approximate surface area is 211 Å². The number of hydrogen-bond acceptors (Lipinski definition) is 4. The van der Waals surface area contributed by atoms with E-state index in [4.69, 9.17) is 28.0 Å². The van der Waals surface area contributed by atoms with Crippen molar-refractivity contribution in [2.45, 2.75) is 40.0 Å². The number of benzene rings is 2. The molecule has 4 rings (SSSR count). The molecular weight excluding hydrogens is 562 g/mol. The molecule has 2 aliphatic carbocycles. The summed E-state index contributed by atoms with van der Waals surface area (Å²) in [5, 5.41) is 7.98. The van der Waals surface area contributed by atoms with Gasteiger partial charge in [0.25, 0.3) is 0 Å². The summed E-state index contributed by atoms with van der Waals surface area (Å²) in [6, 6.07) is 12.3. The van der Waals surface area contributed by atoms with Crippen molar-refractivity contribution in [2.24, 2.45) is 21.4 Å². The Hall–Kier alpha value is -1.64. The van der Waals surface area contributed by atoms with Crippen LogP contribution < -0.4 is 5.32 Å². The number of nitrogens with one attached hydrogen (secondary N) is 1. The summed E-state index contributed by atoms with van der Waals surface area (Å²) in [4.78, 5) is 31.4. The molecular formula is C24H23Cl2IN2O3. The topological polar surface area (TPSA) is 67.8 Å². The van der Waals surface area contributed by atoms with Crippen LogP contribution in [0, 0.1) is 19.8 Å². The van der Waals surface area contributed by atoms with Gasteiger partial charge in [-0.25, -0.2) is 4.79 Å². The summed E-state index contributed by atoms with van der Waals surface area (Å²) in [6.45, 7) is 6.31. The number of hydrogen-bond donors (Lipinski definition) is 1. The van der Waals surface area contributed by atoms with Gasteiger partial charge in [0.2, 0.25) is 5.91 Å². The molecule has 1 N–H and O–H groups in total. The van der Waals surface area contributed by atoms with Gasteiger partial charge < -0.3 is 10.2 Å². The molecule has 2 aliphatic rings. The minimum atomic E-state index is -0.652. The maximum absolute atomic E-state index is 13.5. The van der Waals surface area contributed by atoms with Gasteiger partial charge in [0.1, 0.15) is 0 Å². The molecule has 2 saturated carbocycles. The molecule has 32 heavy (non-hydrogen) atoms. The third-order valence-corrected chi connectivity index (χ3v) is 8.93. The number of anilines is 1. The first-order chi connectivity index (χ1) is 15.0. The summed E-state index contributed by atoms with van der Waals surface area (Å²) < 4.78 is 1.10. The Balaban J connectivity index is 1.59. The van der Waals surface area contributed by atoms with Crippen LogP contribution in [0.1, 0.15) is 50.4 Å². The van der Waals surface area contributed by atoms with E-state index >= 15 is 0 Å². The van der Waals surface area contributed by atoms with Crippen molar-refractivity contribution in [3.05, 3.63) is 61.6 Å². The van der Waals surface area contributed by atoms with E-state index in [1.807, 2.05) is 24.3 Å². The molecule has 2 fully saturated rings. The maximum Gasteiger partial charge on any atom is 0.367 e. The lowest BCUT2D eigenvalue weighted by molar-refractivity contribution is -0.130. The van der Waals surface area contributed by atoms with Crippen LogP contribution in [-0.2, 0) is 9.63 Å². The average molecular weight is 585 g/mol. The lowest BCUT2D eigenvalue weighted by Gasteiger charge is -2.39. The molecule has 2 bridgehead atoms. The number of fused-ring (bicyclic) bond motifs is 2. The number of oxime groups is 1. The van der Waals surface area contributed by atoms with Crippen molar-refractivity contribution in [1.29, 1.82) is 0 Å². The fourth-order valence-electron chi connectivity index (χ4n) is 5.11. The van der Waals surface area contributed by atoms with Crippen molar-refractivity contribution in [3.63, 3.8) is 0 Å². The van der Waals surface area contributed by atoms with Gasteiger partial charge in [0, 0.05) is 26.1 Å². The van der Waals surface area contributed by atoms with Crippen molar-refractivity contribution >= 4 is 69.1 Å². The van der Waals surface area contributed by atoms with Crippen LogP contribution in [0.15, 0.2) is 47.6 Å². The summed E-state index contributed by atoms with van der Waals surface area (Å²) in [5.41, 5.74) is 0.331. The molecule has 0 aromatic heterocycles. The fraction of sp³-hybridized carbons (Fsp3) is 0.375. The van der Waals surface area contributed by atoms with Gasteiger partial charge in [-0.15, -0.1) is 0 Å². The maximum atomic E-state index is 13.5. The molecule has 0 saturated heterocycles. The van der Waals surface area contributed by atoms with E-state index in [2.05, 4.69) is 53.8 Å². The average Bonchev–Trinajstić information content (AvgIpc) is 3.04. The molecule has 168 valence electrons. The standard InChI is InChI=1S/C24H23Cl2IN2O3/c1-22(2)23(3)10-11-24(22,21(31)28-16-7-5-15(27)6-8-16)13-19(23)29-32-20(30)17-9-4-14(25)12-18(17)26/h4-9,12H,10-11,13H2,1-3H3,(H,28,31)/b29-19+. The van der Waals surface area contributed by atoms with Crippen LogP contribution in [0.4, 0.5) is 5.69 Å². The van der Waals surface area contributed by atoms with Gasteiger partial charge in [-0.05, 0) is 83.3 Å². The van der Waals surface area contributed by atoms with Crippen LogP contribution in [0.25, 0.3) is 0 Å². The first-order valence-corrected chi connectivity index (χ1v) is 12.1. The molecule has 2 unspecified atom stereocenters. The predicted octanol–water partition coefficient (Wildman–Crippen LogP) is 6.97. The molecule has 2 aromatic rings. The molecule has 0 heterocycles. The molecule has 2 atom stereocenters. The molecule has 0 aliphatic heterocycles. The molecule has 0 spiro atoms. The van der Waals surface area contributed by atoms with E-state index < -0.39 is 11.4 Å². The van der Waals surface area contributed by atoms with Crippen molar-refractivity contribution in [3.8, 4) is 0 Å². The Morgan fingerprint density at radius 1 is 1.06 bits per heavy atom. The smallest absolute Gasteiger partial charge is 0.326 e. The Kier molecular flexibility index (Phi) is 6.09. The first kappa shape index (κ1) is 23.5. The lowest BCUT2D eigenvalue weighted by atomic mass is 9.64. The second-order valence-corrected chi connectivity index (χ2v) is 11.3. The number of nitrogens with zero attached hydrogens (tertiary/aromatic N) is 1. The summed E-state index contributed by atoms with van der Waals surface area (Å²) in [5.74, 6) is -0.676. The van der Waals surface area contributed by atoms with Gasteiger partial charge in [-0.3, -0.25) is 4.79 Å². The first-order valence-electron chi connectivity index (χ1n) is 10.3. The van der Waals surface area contributed by atoms with Crippen molar-refractivity contribution in [1.82, 2.24) is 0 Å². The largest absolute Gasteiger partial charge is 0.367 e. The number of halogens is 3. The number of carbonyl (C=O) groups excluding carboxylic acids is 2. The van der Waals surface area contributed by atoms with E-state index in [-0.39, 0.29) is 27.3 Å². The minimum Gasteiger partial charge on any atom is -0.326 e. The molecule has 2 aromatic carbocycles.